The van der Waals surface area contributed by atoms with E-state index in [0.29, 0.717) is 27.3 Å². The molecule has 1 aliphatic heterocycles. The Bertz CT molecular complexity index is 1170. The molecular weight excluding hydrogens is 442 g/mol. The van der Waals surface area contributed by atoms with E-state index in [1.807, 2.05) is 18.2 Å². The summed E-state index contributed by atoms with van der Waals surface area (Å²) in [6.45, 7) is 0.211. The van der Waals surface area contributed by atoms with Gasteiger partial charge in [-0.1, -0.05) is 22.9 Å². The molecule has 4 rings (SSSR count). The summed E-state index contributed by atoms with van der Waals surface area (Å²) in [6, 6.07) is 8.74. The quantitative estimate of drug-likeness (QED) is 0.597. The number of nitrogens with zero attached hydrogens (tertiary/aromatic N) is 2. The maximum Gasteiger partial charge on any atom is 0.231 e. The van der Waals surface area contributed by atoms with Gasteiger partial charge in [-0.05, 0) is 24.3 Å². The third kappa shape index (κ3) is 4.11. The molecule has 1 N–H and O–H groups in total. The third-order valence-electron chi connectivity index (χ3n) is 5.07. The van der Waals surface area contributed by atoms with Gasteiger partial charge in [0.05, 0.1) is 48.2 Å². The van der Waals surface area contributed by atoms with Crippen molar-refractivity contribution in [1.29, 1.82) is 0 Å². The van der Waals surface area contributed by atoms with Crippen LogP contribution in [0, 0.1) is 5.92 Å². The van der Waals surface area contributed by atoms with E-state index in [0.717, 1.165) is 16.0 Å². The highest BCUT2D eigenvalue weighted by Crippen LogP contribution is 2.40. The van der Waals surface area contributed by atoms with Crippen LogP contribution < -0.4 is 24.4 Å². The number of anilines is 2. The first-order valence-corrected chi connectivity index (χ1v) is 10.6. The predicted octanol–water partition coefficient (Wildman–Crippen LogP) is 3.97. The van der Waals surface area contributed by atoms with Gasteiger partial charge in [-0.25, -0.2) is 4.98 Å². The Labute approximate surface area is 187 Å². The summed E-state index contributed by atoms with van der Waals surface area (Å²) >= 11 is 7.59. The van der Waals surface area contributed by atoms with Crippen molar-refractivity contribution in [2.75, 3.05) is 38.1 Å². The number of carbonyl (C=O) groups excluding carboxylic acids is 2. The minimum absolute atomic E-state index is 0.0807. The average Bonchev–Trinajstić information content (AvgIpc) is 3.35. The van der Waals surface area contributed by atoms with E-state index < -0.39 is 5.92 Å². The van der Waals surface area contributed by atoms with Gasteiger partial charge >= 0.3 is 0 Å². The molecule has 162 valence electrons. The van der Waals surface area contributed by atoms with Crippen LogP contribution in [0.15, 0.2) is 30.3 Å². The summed E-state index contributed by atoms with van der Waals surface area (Å²) in [5, 5.41) is 3.66. The van der Waals surface area contributed by atoms with Gasteiger partial charge in [0.15, 0.2) is 5.13 Å². The second-order valence-electron chi connectivity index (χ2n) is 6.91. The van der Waals surface area contributed by atoms with E-state index in [9.17, 15) is 9.59 Å². The zero-order chi connectivity index (χ0) is 22.1. The van der Waals surface area contributed by atoms with Gasteiger partial charge < -0.3 is 24.4 Å². The molecule has 1 aliphatic rings. The Hall–Kier alpha value is -3.04. The van der Waals surface area contributed by atoms with Gasteiger partial charge in [0.25, 0.3) is 0 Å². The van der Waals surface area contributed by atoms with Gasteiger partial charge in [-0.3, -0.25) is 9.59 Å². The zero-order valence-electron chi connectivity index (χ0n) is 17.1. The number of thiazole rings is 1. The molecule has 1 aromatic heterocycles. The molecule has 10 heteroatoms. The van der Waals surface area contributed by atoms with Crippen LogP contribution in [-0.4, -0.2) is 44.7 Å². The Kier molecular flexibility index (Phi) is 5.88. The van der Waals surface area contributed by atoms with Crippen molar-refractivity contribution in [3.8, 4) is 17.2 Å². The highest BCUT2D eigenvalue weighted by atomic mass is 35.5. The van der Waals surface area contributed by atoms with Crippen LogP contribution in [0.1, 0.15) is 6.42 Å². The van der Waals surface area contributed by atoms with Crippen molar-refractivity contribution in [2.24, 2.45) is 5.92 Å². The number of hydrogen-bond donors (Lipinski definition) is 1. The Morgan fingerprint density at radius 3 is 2.65 bits per heavy atom. The Balaban J connectivity index is 1.52. The summed E-state index contributed by atoms with van der Waals surface area (Å²) in [5.74, 6) is 0.624. The van der Waals surface area contributed by atoms with Crippen LogP contribution in [0.25, 0.3) is 10.2 Å². The van der Waals surface area contributed by atoms with Gasteiger partial charge in [-0.2, -0.15) is 0 Å². The van der Waals surface area contributed by atoms with Gasteiger partial charge in [0, 0.05) is 19.0 Å². The number of rotatable bonds is 6. The number of amides is 2. The molecule has 3 aromatic rings. The van der Waals surface area contributed by atoms with E-state index >= 15 is 0 Å². The fourth-order valence-electron chi connectivity index (χ4n) is 3.46. The second-order valence-corrected chi connectivity index (χ2v) is 8.34. The fourth-order valence-corrected chi connectivity index (χ4v) is 4.60. The van der Waals surface area contributed by atoms with Crippen LogP contribution in [0.4, 0.5) is 10.8 Å². The molecule has 1 unspecified atom stereocenters. The summed E-state index contributed by atoms with van der Waals surface area (Å²) in [5.41, 5.74) is 1.27. The predicted molar refractivity (Wildman–Crippen MR) is 120 cm³/mol. The van der Waals surface area contributed by atoms with Gasteiger partial charge in [-0.15, -0.1) is 0 Å². The lowest BCUT2D eigenvalue weighted by molar-refractivity contribution is -0.122. The molecule has 0 bridgehead atoms. The average molecular weight is 462 g/mol. The largest absolute Gasteiger partial charge is 0.497 e. The van der Waals surface area contributed by atoms with Crippen molar-refractivity contribution in [1.82, 2.24) is 4.98 Å². The molecule has 2 aromatic carbocycles. The summed E-state index contributed by atoms with van der Waals surface area (Å²) in [4.78, 5) is 31.5. The van der Waals surface area contributed by atoms with Crippen molar-refractivity contribution >= 4 is 55.8 Å². The van der Waals surface area contributed by atoms with Crippen molar-refractivity contribution in [3.63, 3.8) is 0 Å². The highest BCUT2D eigenvalue weighted by Gasteiger charge is 2.37. The van der Waals surface area contributed by atoms with E-state index in [-0.39, 0.29) is 24.8 Å². The lowest BCUT2D eigenvalue weighted by atomic mass is 10.1. The summed E-state index contributed by atoms with van der Waals surface area (Å²) in [6.07, 6.45) is 0.0807. The molecule has 0 saturated carbocycles. The van der Waals surface area contributed by atoms with Crippen molar-refractivity contribution in [3.05, 3.63) is 35.4 Å². The minimum Gasteiger partial charge on any atom is -0.497 e. The minimum atomic E-state index is -0.528. The number of benzene rings is 2. The maximum atomic E-state index is 12.8. The first kappa shape index (κ1) is 21.2. The van der Waals surface area contributed by atoms with E-state index in [4.69, 9.17) is 25.8 Å². The number of hydrogen-bond acceptors (Lipinski definition) is 7. The molecule has 2 amide bonds. The molecule has 2 heterocycles. The van der Waals surface area contributed by atoms with Crippen LogP contribution in [-0.2, 0) is 9.59 Å². The second kappa shape index (κ2) is 8.60. The number of carbonyl (C=O) groups is 2. The fraction of sp³-hybridized carbons (Fsp3) is 0.286. The smallest absolute Gasteiger partial charge is 0.231 e. The van der Waals surface area contributed by atoms with E-state index in [2.05, 4.69) is 10.3 Å². The topological polar surface area (TPSA) is 90.0 Å². The van der Waals surface area contributed by atoms with E-state index in [1.165, 1.54) is 30.5 Å². The highest BCUT2D eigenvalue weighted by molar-refractivity contribution is 7.22. The number of aromatic nitrogens is 1. The van der Waals surface area contributed by atoms with Gasteiger partial charge in [0.1, 0.15) is 17.2 Å². The number of fused-ring (bicyclic) bond motifs is 1. The number of halogens is 1. The maximum absolute atomic E-state index is 12.8. The van der Waals surface area contributed by atoms with Crippen LogP contribution in [0.5, 0.6) is 17.2 Å². The van der Waals surface area contributed by atoms with Crippen LogP contribution in [0.2, 0.25) is 5.02 Å². The molecule has 0 spiro atoms. The molecule has 8 nitrogen and oxygen atoms in total. The molecule has 0 radical (unpaired) electrons. The molecule has 0 aliphatic carbocycles. The van der Waals surface area contributed by atoms with Crippen LogP contribution in [0.3, 0.4) is 0 Å². The normalized spacial score (nSPS) is 15.9. The molecular formula is C21H20ClN3O5S. The number of ether oxygens (including phenoxy) is 3. The monoisotopic (exact) mass is 461 g/mol. The summed E-state index contributed by atoms with van der Waals surface area (Å²) < 4.78 is 16.7. The first-order chi connectivity index (χ1) is 14.9. The lowest BCUT2D eigenvalue weighted by Crippen LogP contribution is -2.28. The van der Waals surface area contributed by atoms with Crippen LogP contribution >= 0.6 is 22.9 Å². The Morgan fingerprint density at radius 1 is 1.16 bits per heavy atom. The molecule has 1 saturated heterocycles. The molecule has 1 fully saturated rings. The van der Waals surface area contributed by atoms with Gasteiger partial charge in [0.2, 0.25) is 11.8 Å². The number of methoxy groups -OCH3 is 3. The molecule has 1 atom stereocenters. The first-order valence-electron chi connectivity index (χ1n) is 9.40. The standard InChI is InChI=1S/C21H20ClN3O5S/c1-28-12-4-5-14-18(7-12)31-21(23-14)24-20(27)11-6-19(26)25(10-11)15-8-13(22)16(29-2)9-17(15)30-3/h4-5,7-9,11H,6,10H2,1-3H3,(H,23,24,27). The third-order valence-corrected chi connectivity index (χ3v) is 6.29. The van der Waals surface area contributed by atoms with E-state index in [1.54, 1.807) is 19.2 Å². The SMILES string of the molecule is COc1ccc2nc(NC(=O)C3CC(=O)N(c4cc(Cl)c(OC)cc4OC)C3)sc2c1. The summed E-state index contributed by atoms with van der Waals surface area (Å²) in [7, 11) is 4.59. The Morgan fingerprint density at radius 2 is 1.94 bits per heavy atom. The lowest BCUT2D eigenvalue weighted by Gasteiger charge is -2.20. The molecule has 31 heavy (non-hydrogen) atoms. The van der Waals surface area contributed by atoms with Crippen molar-refractivity contribution in [2.45, 2.75) is 6.42 Å². The number of nitrogens with one attached hydrogen (secondary N) is 1. The van der Waals surface area contributed by atoms with Crippen molar-refractivity contribution < 1.29 is 23.8 Å². The zero-order valence-corrected chi connectivity index (χ0v) is 18.7.